The molecular weight excluding hydrogens is 232 g/mol. The molecule has 0 radical (unpaired) electrons. The Morgan fingerprint density at radius 3 is 2.94 bits per heavy atom. The van der Waals surface area contributed by atoms with Crippen LogP contribution in [-0.4, -0.2) is 23.4 Å². The number of nitrogens with zero attached hydrogens (tertiary/aromatic N) is 1. The molecule has 0 spiro atoms. The van der Waals surface area contributed by atoms with E-state index in [1.165, 1.54) is 24.1 Å². The molecule has 1 aliphatic rings. The molecule has 0 bridgehead atoms. The van der Waals surface area contributed by atoms with Gasteiger partial charge in [-0.25, -0.2) is 4.98 Å². The van der Waals surface area contributed by atoms with Gasteiger partial charge in [-0.1, -0.05) is 12.8 Å². The number of carbonyl (C=O) groups is 1. The summed E-state index contributed by atoms with van der Waals surface area (Å²) in [7, 11) is 0. The molecular formula is C13H20N2OS. The minimum Gasteiger partial charge on any atom is -0.307 e. The van der Waals surface area contributed by atoms with E-state index >= 15 is 0 Å². The van der Waals surface area contributed by atoms with E-state index in [4.69, 9.17) is 0 Å². The van der Waals surface area contributed by atoms with Crippen molar-refractivity contribution in [2.45, 2.75) is 52.0 Å². The third-order valence-corrected chi connectivity index (χ3v) is 4.42. The lowest BCUT2D eigenvalue weighted by Crippen LogP contribution is -2.36. The molecule has 2 heterocycles. The van der Waals surface area contributed by atoms with Crippen LogP contribution >= 0.6 is 11.3 Å². The molecule has 1 atom stereocenters. The summed E-state index contributed by atoms with van der Waals surface area (Å²) >= 11 is 1.65. The minimum atomic E-state index is 0.0574. The summed E-state index contributed by atoms with van der Waals surface area (Å²) in [6.07, 6.45) is 5.09. The molecule has 0 amide bonds. The highest BCUT2D eigenvalue weighted by molar-refractivity contribution is 7.11. The number of aryl methyl sites for hydroxylation is 2. The molecule has 94 valence electrons. The van der Waals surface area contributed by atoms with Crippen LogP contribution in [0.5, 0.6) is 0 Å². The van der Waals surface area contributed by atoms with E-state index in [1.54, 1.807) is 11.3 Å². The van der Waals surface area contributed by atoms with Gasteiger partial charge in [0.1, 0.15) is 5.01 Å². The number of ketones is 1. The molecule has 17 heavy (non-hydrogen) atoms. The minimum absolute atomic E-state index is 0.0574. The normalized spacial score (nSPS) is 21.2. The number of hydrogen-bond acceptors (Lipinski definition) is 4. The molecule has 0 saturated carbocycles. The van der Waals surface area contributed by atoms with Crippen molar-refractivity contribution in [3.05, 3.63) is 15.6 Å². The SMILES string of the molecule is Cc1nc(CC(=O)C2CCCCCN2)sc1C. The molecule has 3 nitrogen and oxygen atoms in total. The van der Waals surface area contributed by atoms with Crippen LogP contribution in [0.25, 0.3) is 0 Å². The topological polar surface area (TPSA) is 42.0 Å². The Bertz CT molecular complexity index is 373. The lowest BCUT2D eigenvalue weighted by Gasteiger charge is -2.13. The second-order valence-electron chi connectivity index (χ2n) is 4.75. The van der Waals surface area contributed by atoms with Gasteiger partial charge in [-0.3, -0.25) is 4.79 Å². The molecule has 1 saturated heterocycles. The van der Waals surface area contributed by atoms with Crippen molar-refractivity contribution in [1.82, 2.24) is 10.3 Å². The van der Waals surface area contributed by atoms with Crippen LogP contribution in [0.2, 0.25) is 0 Å². The van der Waals surface area contributed by atoms with Crippen LogP contribution in [0.4, 0.5) is 0 Å². The Morgan fingerprint density at radius 1 is 1.41 bits per heavy atom. The third-order valence-electron chi connectivity index (χ3n) is 3.35. The number of thiazole rings is 1. The first kappa shape index (κ1) is 12.7. The standard InChI is InChI=1S/C13H20N2OS/c1-9-10(2)17-13(15-9)8-12(16)11-6-4-3-5-7-14-11/h11,14H,3-8H2,1-2H3. The van der Waals surface area contributed by atoms with Gasteiger partial charge in [0.2, 0.25) is 0 Å². The van der Waals surface area contributed by atoms with Crippen molar-refractivity contribution < 1.29 is 4.79 Å². The number of hydrogen-bond donors (Lipinski definition) is 1. The molecule has 1 aliphatic heterocycles. The summed E-state index contributed by atoms with van der Waals surface area (Å²) in [5, 5.41) is 4.32. The van der Waals surface area contributed by atoms with Crippen LogP contribution in [0, 0.1) is 13.8 Å². The molecule has 1 aromatic heterocycles. The first-order chi connectivity index (χ1) is 8.16. The van der Waals surface area contributed by atoms with Crippen molar-refractivity contribution in [3.63, 3.8) is 0 Å². The Labute approximate surface area is 107 Å². The maximum atomic E-state index is 12.1. The first-order valence-electron chi connectivity index (χ1n) is 6.36. The van der Waals surface area contributed by atoms with Gasteiger partial charge >= 0.3 is 0 Å². The molecule has 1 fully saturated rings. The van der Waals surface area contributed by atoms with Gasteiger partial charge in [0.25, 0.3) is 0 Å². The zero-order valence-electron chi connectivity index (χ0n) is 10.6. The monoisotopic (exact) mass is 252 g/mol. The average molecular weight is 252 g/mol. The zero-order valence-corrected chi connectivity index (χ0v) is 11.4. The Hall–Kier alpha value is -0.740. The summed E-state index contributed by atoms with van der Waals surface area (Å²) in [5.74, 6) is 0.306. The van der Waals surface area contributed by atoms with Gasteiger partial charge in [0, 0.05) is 4.88 Å². The van der Waals surface area contributed by atoms with Crippen molar-refractivity contribution in [2.24, 2.45) is 0 Å². The number of Topliss-reactive ketones (excluding diaryl/α,β-unsaturated/α-hetero) is 1. The molecule has 4 heteroatoms. The fourth-order valence-corrected chi connectivity index (χ4v) is 3.13. The maximum Gasteiger partial charge on any atom is 0.156 e. The van der Waals surface area contributed by atoms with Gasteiger partial charge in [-0.2, -0.15) is 0 Å². The van der Waals surface area contributed by atoms with Crippen molar-refractivity contribution in [3.8, 4) is 0 Å². The maximum absolute atomic E-state index is 12.1. The largest absolute Gasteiger partial charge is 0.307 e. The van der Waals surface area contributed by atoms with E-state index in [1.807, 2.05) is 6.92 Å². The summed E-state index contributed by atoms with van der Waals surface area (Å²) in [5.41, 5.74) is 1.06. The number of aromatic nitrogens is 1. The van der Waals surface area contributed by atoms with Crippen molar-refractivity contribution in [1.29, 1.82) is 0 Å². The number of nitrogens with one attached hydrogen (secondary N) is 1. The predicted molar refractivity (Wildman–Crippen MR) is 70.6 cm³/mol. The molecule has 1 N–H and O–H groups in total. The van der Waals surface area contributed by atoms with Gasteiger partial charge in [0.05, 0.1) is 18.2 Å². The van der Waals surface area contributed by atoms with E-state index in [9.17, 15) is 4.79 Å². The van der Waals surface area contributed by atoms with Gasteiger partial charge in [-0.15, -0.1) is 11.3 Å². The summed E-state index contributed by atoms with van der Waals surface area (Å²) in [6, 6.07) is 0.0574. The Kier molecular flexibility index (Phi) is 4.29. The number of carbonyl (C=O) groups excluding carboxylic acids is 1. The number of rotatable bonds is 3. The molecule has 1 aromatic rings. The van der Waals surface area contributed by atoms with Crippen LogP contribution in [0.1, 0.15) is 41.3 Å². The lowest BCUT2D eigenvalue weighted by atomic mass is 10.0. The highest BCUT2D eigenvalue weighted by Crippen LogP contribution is 2.18. The van der Waals surface area contributed by atoms with E-state index < -0.39 is 0 Å². The Morgan fingerprint density at radius 2 is 2.24 bits per heavy atom. The Balaban J connectivity index is 1.95. The van der Waals surface area contributed by atoms with E-state index in [0.29, 0.717) is 12.2 Å². The third kappa shape index (κ3) is 3.36. The van der Waals surface area contributed by atoms with Gasteiger partial charge in [0.15, 0.2) is 5.78 Å². The molecule has 0 aliphatic carbocycles. The van der Waals surface area contributed by atoms with Gasteiger partial charge < -0.3 is 5.32 Å². The molecule has 2 rings (SSSR count). The average Bonchev–Trinajstić information content (AvgIpc) is 2.54. The summed E-state index contributed by atoms with van der Waals surface area (Å²) < 4.78 is 0. The van der Waals surface area contributed by atoms with E-state index in [-0.39, 0.29) is 6.04 Å². The van der Waals surface area contributed by atoms with E-state index in [0.717, 1.165) is 23.7 Å². The molecule has 0 aromatic carbocycles. The van der Waals surface area contributed by atoms with Crippen LogP contribution in [0.3, 0.4) is 0 Å². The van der Waals surface area contributed by atoms with Crippen LogP contribution in [-0.2, 0) is 11.2 Å². The highest BCUT2D eigenvalue weighted by Gasteiger charge is 2.20. The fourth-order valence-electron chi connectivity index (χ4n) is 2.19. The molecule has 1 unspecified atom stereocenters. The smallest absolute Gasteiger partial charge is 0.156 e. The second-order valence-corrected chi connectivity index (χ2v) is 6.04. The van der Waals surface area contributed by atoms with E-state index in [2.05, 4.69) is 17.2 Å². The summed E-state index contributed by atoms with van der Waals surface area (Å²) in [6.45, 7) is 5.04. The quantitative estimate of drug-likeness (QED) is 0.898. The fraction of sp³-hybridized carbons (Fsp3) is 0.692. The zero-order chi connectivity index (χ0) is 12.3. The first-order valence-corrected chi connectivity index (χ1v) is 7.17. The second kappa shape index (κ2) is 5.74. The lowest BCUT2D eigenvalue weighted by molar-refractivity contribution is -0.120. The van der Waals surface area contributed by atoms with Gasteiger partial charge in [-0.05, 0) is 33.2 Å². The van der Waals surface area contributed by atoms with Crippen LogP contribution in [0.15, 0.2) is 0 Å². The van der Waals surface area contributed by atoms with Crippen LogP contribution < -0.4 is 5.32 Å². The summed E-state index contributed by atoms with van der Waals surface area (Å²) in [4.78, 5) is 17.8. The van der Waals surface area contributed by atoms with Crippen molar-refractivity contribution in [2.75, 3.05) is 6.54 Å². The highest BCUT2D eigenvalue weighted by atomic mass is 32.1. The van der Waals surface area contributed by atoms with Crippen molar-refractivity contribution >= 4 is 17.1 Å². The predicted octanol–water partition coefficient (Wildman–Crippen LogP) is 2.40.